The fourth-order valence-electron chi connectivity index (χ4n) is 3.10. The lowest BCUT2D eigenvalue weighted by Crippen LogP contribution is -2.39. The Labute approximate surface area is 107 Å². The molecule has 96 valence electrons. The molecule has 0 unspecified atom stereocenters. The van der Waals surface area contributed by atoms with Crippen LogP contribution in [0.4, 0.5) is 0 Å². The Hall–Kier alpha value is -1.42. The lowest BCUT2D eigenvalue weighted by Gasteiger charge is -2.34. The number of hydrogen-bond acceptors (Lipinski definition) is 3. The monoisotopic (exact) mass is 244 g/mol. The highest BCUT2D eigenvalue weighted by molar-refractivity contribution is 5.42. The zero-order valence-electron chi connectivity index (χ0n) is 10.9. The van der Waals surface area contributed by atoms with Crippen LogP contribution < -0.4 is 5.73 Å². The Morgan fingerprint density at radius 2 is 2.06 bits per heavy atom. The molecule has 1 saturated carbocycles. The van der Waals surface area contributed by atoms with Gasteiger partial charge in [-0.05, 0) is 37.5 Å². The summed E-state index contributed by atoms with van der Waals surface area (Å²) in [4.78, 5) is 0. The van der Waals surface area contributed by atoms with E-state index in [0.29, 0.717) is 6.54 Å². The summed E-state index contributed by atoms with van der Waals surface area (Å²) < 4.78 is 2.12. The van der Waals surface area contributed by atoms with Gasteiger partial charge in [0, 0.05) is 18.2 Å². The number of aryl methyl sites for hydroxylation is 1. The highest BCUT2D eigenvalue weighted by atomic mass is 15.3. The van der Waals surface area contributed by atoms with Gasteiger partial charge in [0.1, 0.15) is 5.82 Å². The fourth-order valence-corrected chi connectivity index (χ4v) is 3.10. The van der Waals surface area contributed by atoms with Crippen molar-refractivity contribution >= 4 is 5.65 Å². The van der Waals surface area contributed by atoms with Crippen molar-refractivity contribution in [2.24, 2.45) is 5.73 Å². The van der Waals surface area contributed by atoms with Crippen LogP contribution >= 0.6 is 0 Å². The van der Waals surface area contributed by atoms with Crippen LogP contribution in [0.1, 0.15) is 43.5 Å². The van der Waals surface area contributed by atoms with E-state index in [2.05, 4.69) is 39.9 Å². The van der Waals surface area contributed by atoms with Crippen LogP contribution in [0.15, 0.2) is 18.3 Å². The molecule has 0 saturated heterocycles. The van der Waals surface area contributed by atoms with E-state index < -0.39 is 0 Å². The maximum atomic E-state index is 6.07. The van der Waals surface area contributed by atoms with Crippen LogP contribution in [0, 0.1) is 6.92 Å². The molecule has 2 aromatic heterocycles. The van der Waals surface area contributed by atoms with E-state index in [-0.39, 0.29) is 5.41 Å². The van der Waals surface area contributed by atoms with Gasteiger partial charge in [-0.3, -0.25) is 4.40 Å². The van der Waals surface area contributed by atoms with Gasteiger partial charge in [0.15, 0.2) is 5.65 Å². The van der Waals surface area contributed by atoms with Crippen LogP contribution in [0.3, 0.4) is 0 Å². The number of pyridine rings is 1. The Morgan fingerprint density at radius 3 is 2.78 bits per heavy atom. The molecule has 2 N–H and O–H groups in total. The molecule has 0 atom stereocenters. The summed E-state index contributed by atoms with van der Waals surface area (Å²) in [5, 5.41) is 8.74. The topological polar surface area (TPSA) is 56.2 Å². The van der Waals surface area contributed by atoms with E-state index in [1.54, 1.807) is 0 Å². The second kappa shape index (κ2) is 4.35. The first kappa shape index (κ1) is 11.7. The molecule has 4 heteroatoms. The average molecular weight is 244 g/mol. The first-order valence-corrected chi connectivity index (χ1v) is 6.77. The van der Waals surface area contributed by atoms with Crippen molar-refractivity contribution in [3.63, 3.8) is 0 Å². The third-order valence-corrected chi connectivity index (χ3v) is 4.24. The lowest BCUT2D eigenvalue weighted by molar-refractivity contribution is 0.284. The van der Waals surface area contributed by atoms with Gasteiger partial charge in [-0.15, -0.1) is 10.2 Å². The maximum absolute atomic E-state index is 6.07. The van der Waals surface area contributed by atoms with Crippen molar-refractivity contribution in [1.82, 2.24) is 14.6 Å². The van der Waals surface area contributed by atoms with Crippen molar-refractivity contribution in [3.8, 4) is 0 Å². The van der Waals surface area contributed by atoms with Crippen LogP contribution in [-0.2, 0) is 5.41 Å². The van der Waals surface area contributed by atoms with Crippen molar-refractivity contribution in [2.75, 3.05) is 6.54 Å². The molecule has 0 spiro atoms. The molecule has 4 nitrogen and oxygen atoms in total. The van der Waals surface area contributed by atoms with Crippen molar-refractivity contribution in [1.29, 1.82) is 0 Å². The largest absolute Gasteiger partial charge is 0.329 e. The van der Waals surface area contributed by atoms with E-state index in [1.165, 1.54) is 24.8 Å². The van der Waals surface area contributed by atoms with Gasteiger partial charge in [-0.2, -0.15) is 0 Å². The highest BCUT2D eigenvalue weighted by Gasteiger charge is 2.36. The second-order valence-electron chi connectivity index (χ2n) is 5.50. The Balaban J connectivity index is 2.12. The smallest absolute Gasteiger partial charge is 0.161 e. The summed E-state index contributed by atoms with van der Waals surface area (Å²) in [7, 11) is 0. The minimum absolute atomic E-state index is 0.0346. The minimum Gasteiger partial charge on any atom is -0.329 e. The summed E-state index contributed by atoms with van der Waals surface area (Å²) in [6, 6.07) is 4.18. The molecular weight excluding hydrogens is 224 g/mol. The maximum Gasteiger partial charge on any atom is 0.161 e. The minimum atomic E-state index is 0.0346. The standard InChI is InChI=1S/C14H20N4/c1-11-5-8-18-12(9-11)16-17-13(18)14(10-15)6-3-2-4-7-14/h5,8-9H,2-4,6-7,10,15H2,1H3. The van der Waals surface area contributed by atoms with Crippen molar-refractivity contribution in [3.05, 3.63) is 29.7 Å². The van der Waals surface area contributed by atoms with Gasteiger partial charge < -0.3 is 5.73 Å². The number of hydrogen-bond donors (Lipinski definition) is 1. The van der Waals surface area contributed by atoms with Gasteiger partial charge in [0.25, 0.3) is 0 Å². The molecule has 0 aromatic carbocycles. The van der Waals surface area contributed by atoms with E-state index in [0.717, 1.165) is 24.3 Å². The Morgan fingerprint density at radius 1 is 1.28 bits per heavy atom. The third kappa shape index (κ3) is 1.72. The number of aromatic nitrogens is 3. The highest BCUT2D eigenvalue weighted by Crippen LogP contribution is 2.37. The molecule has 0 aliphatic heterocycles. The second-order valence-corrected chi connectivity index (χ2v) is 5.50. The number of nitrogens with two attached hydrogens (primary N) is 1. The predicted octanol–water partition coefficient (Wildman–Crippen LogP) is 2.20. The van der Waals surface area contributed by atoms with Crippen LogP contribution in [0.2, 0.25) is 0 Å². The van der Waals surface area contributed by atoms with E-state index in [4.69, 9.17) is 5.73 Å². The van der Waals surface area contributed by atoms with Gasteiger partial charge in [-0.25, -0.2) is 0 Å². The van der Waals surface area contributed by atoms with E-state index in [1.807, 2.05) is 0 Å². The van der Waals surface area contributed by atoms with Gasteiger partial charge >= 0.3 is 0 Å². The summed E-state index contributed by atoms with van der Waals surface area (Å²) in [6.45, 7) is 2.75. The van der Waals surface area contributed by atoms with Crippen LogP contribution in [0.25, 0.3) is 5.65 Å². The molecule has 0 radical (unpaired) electrons. The predicted molar refractivity (Wildman–Crippen MR) is 71.5 cm³/mol. The van der Waals surface area contributed by atoms with Gasteiger partial charge in [-0.1, -0.05) is 19.3 Å². The molecular formula is C14H20N4. The fraction of sp³-hybridized carbons (Fsp3) is 0.571. The number of fused-ring (bicyclic) bond motifs is 1. The quantitative estimate of drug-likeness (QED) is 0.881. The Kier molecular flexibility index (Phi) is 2.82. The summed E-state index contributed by atoms with van der Waals surface area (Å²) >= 11 is 0. The molecule has 2 aromatic rings. The summed E-state index contributed by atoms with van der Waals surface area (Å²) in [6.07, 6.45) is 8.16. The first-order chi connectivity index (χ1) is 8.75. The SMILES string of the molecule is Cc1ccn2c(C3(CN)CCCCC3)nnc2c1. The van der Waals surface area contributed by atoms with Crippen molar-refractivity contribution < 1.29 is 0 Å². The Bertz CT molecular complexity index is 552. The molecule has 2 heterocycles. The first-order valence-electron chi connectivity index (χ1n) is 6.77. The van der Waals surface area contributed by atoms with Gasteiger partial charge in [0.05, 0.1) is 0 Å². The molecule has 0 bridgehead atoms. The zero-order valence-corrected chi connectivity index (χ0v) is 10.9. The number of rotatable bonds is 2. The van der Waals surface area contributed by atoms with Crippen molar-refractivity contribution in [2.45, 2.75) is 44.4 Å². The summed E-state index contributed by atoms with van der Waals surface area (Å²) in [5.74, 6) is 1.06. The normalized spacial score (nSPS) is 19.2. The molecule has 18 heavy (non-hydrogen) atoms. The van der Waals surface area contributed by atoms with E-state index >= 15 is 0 Å². The average Bonchev–Trinajstić information content (AvgIpc) is 2.83. The molecule has 1 fully saturated rings. The molecule has 3 rings (SSSR count). The number of nitrogens with zero attached hydrogens (tertiary/aromatic N) is 3. The van der Waals surface area contributed by atoms with E-state index in [9.17, 15) is 0 Å². The summed E-state index contributed by atoms with van der Waals surface area (Å²) in [5.41, 5.74) is 8.25. The zero-order chi connectivity index (χ0) is 12.6. The third-order valence-electron chi connectivity index (χ3n) is 4.24. The van der Waals surface area contributed by atoms with Crippen LogP contribution in [0.5, 0.6) is 0 Å². The van der Waals surface area contributed by atoms with Crippen LogP contribution in [-0.4, -0.2) is 21.1 Å². The molecule has 0 amide bonds. The van der Waals surface area contributed by atoms with Gasteiger partial charge in [0.2, 0.25) is 0 Å². The molecule has 1 aliphatic rings. The molecule has 1 aliphatic carbocycles. The lowest BCUT2D eigenvalue weighted by atomic mass is 9.73.